The van der Waals surface area contributed by atoms with E-state index in [1.54, 1.807) is 6.20 Å². The Hall–Kier alpha value is -3.28. The van der Waals surface area contributed by atoms with Gasteiger partial charge in [-0.1, -0.05) is 50.2 Å². The summed E-state index contributed by atoms with van der Waals surface area (Å²) < 4.78 is 4.53. The molecule has 2 aromatic carbocycles. The fourth-order valence-electron chi connectivity index (χ4n) is 3.38. The molecule has 3 aromatic rings. The number of ether oxygens (including phenoxy) is 1. The quantitative estimate of drug-likeness (QED) is 0.606. The third-order valence-corrected chi connectivity index (χ3v) is 5.18. The number of carboxylic acid groups (broad SMARTS) is 1. The van der Waals surface area contributed by atoms with Crippen LogP contribution in [0.15, 0.2) is 54.7 Å². The Morgan fingerprint density at radius 3 is 2.50 bits per heavy atom. The number of H-pyrrole nitrogens is 1. The van der Waals surface area contributed by atoms with Gasteiger partial charge in [0.25, 0.3) is 0 Å². The maximum absolute atomic E-state index is 11.5. The molecule has 0 saturated carbocycles. The van der Waals surface area contributed by atoms with Crippen LogP contribution in [0.5, 0.6) is 0 Å². The van der Waals surface area contributed by atoms with Crippen LogP contribution in [-0.4, -0.2) is 35.3 Å². The summed E-state index contributed by atoms with van der Waals surface area (Å²) in [5.74, 6) is -1.11. The van der Waals surface area contributed by atoms with Crippen LogP contribution < -0.4 is 5.32 Å². The molecule has 0 fully saturated rings. The van der Waals surface area contributed by atoms with E-state index in [0.717, 1.165) is 22.0 Å². The topological polar surface area (TPSA) is 91.4 Å². The van der Waals surface area contributed by atoms with Crippen LogP contribution in [-0.2, 0) is 21.4 Å². The molecule has 0 aliphatic heterocycles. The number of carboxylic acids is 1. The van der Waals surface area contributed by atoms with Crippen LogP contribution >= 0.6 is 0 Å². The predicted molar refractivity (Wildman–Crippen MR) is 108 cm³/mol. The molecule has 0 aliphatic rings. The van der Waals surface area contributed by atoms with Gasteiger partial charge >= 0.3 is 12.1 Å². The smallest absolute Gasteiger partial charge is 0.407 e. The highest BCUT2D eigenvalue weighted by Gasteiger charge is 2.25. The van der Waals surface area contributed by atoms with E-state index < -0.39 is 18.1 Å². The zero-order valence-electron chi connectivity index (χ0n) is 16.2. The minimum absolute atomic E-state index is 0.152. The fourth-order valence-corrected chi connectivity index (χ4v) is 3.38. The van der Waals surface area contributed by atoms with E-state index >= 15 is 0 Å². The second-order valence-corrected chi connectivity index (χ2v) is 7.30. The van der Waals surface area contributed by atoms with E-state index in [4.69, 9.17) is 0 Å². The van der Waals surface area contributed by atoms with Crippen molar-refractivity contribution in [2.75, 3.05) is 7.11 Å². The van der Waals surface area contributed by atoms with Gasteiger partial charge in [0, 0.05) is 28.9 Å². The zero-order valence-corrected chi connectivity index (χ0v) is 16.2. The summed E-state index contributed by atoms with van der Waals surface area (Å²) in [7, 11) is 1.21. The minimum atomic E-state index is -1.11. The van der Waals surface area contributed by atoms with Crippen molar-refractivity contribution in [1.29, 1.82) is 0 Å². The van der Waals surface area contributed by atoms with Crippen molar-refractivity contribution in [3.05, 3.63) is 71.4 Å². The molecule has 3 rings (SSSR count). The number of aromatic amines is 1. The summed E-state index contributed by atoms with van der Waals surface area (Å²) in [6.07, 6.45) is 1.18. The molecule has 1 unspecified atom stereocenters. The summed E-state index contributed by atoms with van der Waals surface area (Å²) in [4.78, 5) is 26.2. The summed E-state index contributed by atoms with van der Waals surface area (Å²) in [6.45, 7) is 4.32. The number of aromatic nitrogens is 1. The van der Waals surface area contributed by atoms with Crippen molar-refractivity contribution < 1.29 is 19.4 Å². The van der Waals surface area contributed by atoms with Crippen molar-refractivity contribution >= 4 is 23.0 Å². The van der Waals surface area contributed by atoms with Crippen molar-refractivity contribution in [1.82, 2.24) is 10.3 Å². The van der Waals surface area contributed by atoms with Gasteiger partial charge in [0.15, 0.2) is 0 Å². The fraction of sp³-hybridized carbons (Fsp3) is 0.273. The maximum atomic E-state index is 11.5. The standard InChI is InChI=1S/C22H24N2O4/c1-22(2,15-7-5-4-6-8-15)16-9-10-18-17(12-16)14(13-23-18)11-19(20(25)26)24-21(27)28-3/h4-10,12-13,19,23H,11H2,1-3H3,(H,24,27)(H,25,26). The molecule has 1 aromatic heterocycles. The average Bonchev–Trinajstić information content (AvgIpc) is 3.10. The summed E-state index contributed by atoms with van der Waals surface area (Å²) in [5, 5.41) is 12.7. The molecule has 0 saturated heterocycles. The highest BCUT2D eigenvalue weighted by atomic mass is 16.5. The van der Waals surface area contributed by atoms with Gasteiger partial charge in [0.1, 0.15) is 6.04 Å². The van der Waals surface area contributed by atoms with E-state index in [0.29, 0.717) is 0 Å². The normalized spacial score (nSPS) is 12.5. The number of hydrogen-bond acceptors (Lipinski definition) is 3. The Morgan fingerprint density at radius 1 is 1.14 bits per heavy atom. The van der Waals surface area contributed by atoms with Crippen LogP contribution in [0.3, 0.4) is 0 Å². The van der Waals surface area contributed by atoms with E-state index in [1.807, 2.05) is 24.3 Å². The molecule has 0 spiro atoms. The highest BCUT2D eigenvalue weighted by Crippen LogP contribution is 2.34. The highest BCUT2D eigenvalue weighted by molar-refractivity contribution is 5.86. The van der Waals surface area contributed by atoms with Crippen molar-refractivity contribution in [2.45, 2.75) is 31.7 Å². The second-order valence-electron chi connectivity index (χ2n) is 7.30. The SMILES string of the molecule is COC(=O)NC(Cc1c[nH]c2ccc(C(C)(C)c3ccccc3)cc12)C(=O)O. The Kier molecular flexibility index (Phi) is 5.40. The van der Waals surface area contributed by atoms with Crippen LogP contribution in [0.2, 0.25) is 0 Å². The van der Waals surface area contributed by atoms with E-state index in [1.165, 1.54) is 12.7 Å². The maximum Gasteiger partial charge on any atom is 0.407 e. The third kappa shape index (κ3) is 3.86. The third-order valence-electron chi connectivity index (χ3n) is 5.18. The number of methoxy groups -OCH3 is 1. The largest absolute Gasteiger partial charge is 0.480 e. The molecular formula is C22H24N2O4. The summed E-state index contributed by atoms with van der Waals surface area (Å²) in [6, 6.07) is 15.3. The monoisotopic (exact) mass is 380 g/mol. The van der Waals surface area contributed by atoms with Crippen LogP contribution in [0.25, 0.3) is 10.9 Å². The van der Waals surface area contributed by atoms with Crippen molar-refractivity contribution in [2.24, 2.45) is 0 Å². The summed E-state index contributed by atoms with van der Waals surface area (Å²) >= 11 is 0. The first-order valence-electron chi connectivity index (χ1n) is 9.06. The van der Waals surface area contributed by atoms with Gasteiger partial charge in [0.2, 0.25) is 0 Å². The molecule has 28 heavy (non-hydrogen) atoms. The zero-order chi connectivity index (χ0) is 20.3. The number of hydrogen-bond donors (Lipinski definition) is 3. The van der Waals surface area contributed by atoms with Gasteiger partial charge in [-0.3, -0.25) is 0 Å². The molecule has 0 aliphatic carbocycles. The number of aliphatic carboxylic acids is 1. The number of carbonyl (C=O) groups excluding carboxylic acids is 1. The molecule has 0 bridgehead atoms. The first-order valence-corrected chi connectivity index (χ1v) is 9.06. The lowest BCUT2D eigenvalue weighted by atomic mass is 9.78. The van der Waals surface area contributed by atoms with Gasteiger partial charge in [-0.05, 0) is 28.8 Å². The Balaban J connectivity index is 1.96. The average molecular weight is 380 g/mol. The first-order chi connectivity index (χ1) is 13.3. The number of nitrogens with one attached hydrogen (secondary N) is 2. The van der Waals surface area contributed by atoms with Crippen molar-refractivity contribution in [3.8, 4) is 0 Å². The number of benzene rings is 2. The van der Waals surface area contributed by atoms with E-state index in [-0.39, 0.29) is 11.8 Å². The molecule has 0 radical (unpaired) electrons. The molecule has 3 N–H and O–H groups in total. The number of rotatable bonds is 6. The Morgan fingerprint density at radius 2 is 1.86 bits per heavy atom. The van der Waals surface area contributed by atoms with Crippen LogP contribution in [0.1, 0.15) is 30.5 Å². The molecule has 1 amide bonds. The van der Waals surface area contributed by atoms with Gasteiger partial charge in [-0.15, -0.1) is 0 Å². The van der Waals surface area contributed by atoms with E-state index in [2.05, 4.69) is 53.2 Å². The number of amides is 1. The minimum Gasteiger partial charge on any atom is -0.480 e. The van der Waals surface area contributed by atoms with Gasteiger partial charge < -0.3 is 20.1 Å². The molecule has 146 valence electrons. The number of carbonyl (C=O) groups is 2. The van der Waals surface area contributed by atoms with Crippen molar-refractivity contribution in [3.63, 3.8) is 0 Å². The lowest BCUT2D eigenvalue weighted by Crippen LogP contribution is -2.42. The van der Waals surface area contributed by atoms with Crippen LogP contribution in [0, 0.1) is 0 Å². The molecule has 1 heterocycles. The summed E-state index contributed by atoms with van der Waals surface area (Å²) in [5.41, 5.74) is 3.86. The predicted octanol–water partition coefficient (Wildman–Crippen LogP) is 3.85. The number of alkyl carbamates (subject to hydrolysis) is 1. The van der Waals surface area contributed by atoms with Gasteiger partial charge in [-0.2, -0.15) is 0 Å². The molecule has 6 heteroatoms. The first kappa shape index (κ1) is 19.5. The molecule has 1 atom stereocenters. The number of fused-ring (bicyclic) bond motifs is 1. The Bertz CT molecular complexity index is 992. The second kappa shape index (κ2) is 7.76. The van der Waals surface area contributed by atoms with E-state index in [9.17, 15) is 14.7 Å². The Labute approximate surface area is 163 Å². The molecular weight excluding hydrogens is 356 g/mol. The van der Waals surface area contributed by atoms with Gasteiger partial charge in [0.05, 0.1) is 7.11 Å². The van der Waals surface area contributed by atoms with Crippen LogP contribution in [0.4, 0.5) is 4.79 Å². The lowest BCUT2D eigenvalue weighted by Gasteiger charge is -2.26. The van der Waals surface area contributed by atoms with Gasteiger partial charge in [-0.25, -0.2) is 9.59 Å². The molecule has 6 nitrogen and oxygen atoms in total. The lowest BCUT2D eigenvalue weighted by molar-refractivity contribution is -0.139.